The van der Waals surface area contributed by atoms with E-state index in [4.69, 9.17) is 19.3 Å². The van der Waals surface area contributed by atoms with Crippen LogP contribution in [-0.4, -0.2) is 65.7 Å². The molecule has 1 aromatic rings. The second kappa shape index (κ2) is 11.7. The van der Waals surface area contributed by atoms with Gasteiger partial charge in [0.15, 0.2) is 6.61 Å². The number of amides is 1. The molecule has 3 unspecified atom stereocenters. The number of allylic oxidation sites excluding steroid dienone is 1. The molecule has 0 saturated carbocycles. The average Bonchev–Trinajstić information content (AvgIpc) is 2.76. The van der Waals surface area contributed by atoms with Crippen molar-refractivity contribution < 1.29 is 28.9 Å². The Balaban J connectivity index is 1.56. The maximum Gasteiger partial charge on any atom is 0.407 e. The zero-order valence-corrected chi connectivity index (χ0v) is 20.6. The SMILES string of the molecule is Cc1ccnc(OCC(=O)O)c1C1=CCC(OCC2NCCCC2NC(=O)OC(C)(C)C)CC1. The predicted molar refractivity (Wildman–Crippen MR) is 128 cm³/mol. The van der Waals surface area contributed by atoms with Crippen molar-refractivity contribution in [1.82, 2.24) is 15.6 Å². The number of nitrogens with one attached hydrogen (secondary N) is 2. The minimum atomic E-state index is -1.03. The van der Waals surface area contributed by atoms with Crippen LogP contribution in [0, 0.1) is 6.92 Å². The van der Waals surface area contributed by atoms with Crippen molar-refractivity contribution in [2.45, 2.75) is 83.6 Å². The number of carboxylic acids is 1. The zero-order chi connectivity index (χ0) is 24.7. The van der Waals surface area contributed by atoms with Gasteiger partial charge >= 0.3 is 12.1 Å². The number of rotatable bonds is 8. The molecule has 3 rings (SSSR count). The highest BCUT2D eigenvalue weighted by Crippen LogP contribution is 2.35. The van der Waals surface area contributed by atoms with E-state index in [0.29, 0.717) is 12.5 Å². The Morgan fingerprint density at radius 2 is 2.09 bits per heavy atom. The molecular weight excluding hydrogens is 438 g/mol. The number of aromatic nitrogens is 1. The van der Waals surface area contributed by atoms with E-state index in [1.165, 1.54) is 0 Å². The van der Waals surface area contributed by atoms with E-state index in [1.54, 1.807) is 6.20 Å². The predicted octanol–water partition coefficient (Wildman–Crippen LogP) is 3.45. The van der Waals surface area contributed by atoms with Gasteiger partial charge in [0, 0.05) is 17.8 Å². The smallest absolute Gasteiger partial charge is 0.407 e. The van der Waals surface area contributed by atoms with Gasteiger partial charge in [0.05, 0.1) is 18.8 Å². The molecule has 9 heteroatoms. The van der Waals surface area contributed by atoms with Crippen LogP contribution in [-0.2, 0) is 14.3 Å². The summed E-state index contributed by atoms with van der Waals surface area (Å²) in [5, 5.41) is 15.4. The maximum atomic E-state index is 12.2. The molecule has 0 bridgehead atoms. The Bertz CT molecular complexity index is 895. The fourth-order valence-corrected chi connectivity index (χ4v) is 4.35. The number of carbonyl (C=O) groups is 2. The molecule has 0 aromatic carbocycles. The van der Waals surface area contributed by atoms with Gasteiger partial charge < -0.3 is 30.0 Å². The van der Waals surface area contributed by atoms with Gasteiger partial charge in [0.2, 0.25) is 5.88 Å². The normalized spacial score (nSPS) is 23.1. The van der Waals surface area contributed by atoms with E-state index < -0.39 is 24.3 Å². The Morgan fingerprint density at radius 1 is 1.29 bits per heavy atom. The summed E-state index contributed by atoms with van der Waals surface area (Å²) in [6, 6.07) is 1.90. The van der Waals surface area contributed by atoms with Gasteiger partial charge in [-0.05, 0) is 83.5 Å². The molecule has 188 valence electrons. The standard InChI is InChI=1S/C25H37N3O6/c1-16-11-13-27-23(33-15-21(29)30)22(16)17-7-9-18(10-8-17)32-14-20-19(6-5-12-26-20)28-24(31)34-25(2,3)4/h7,11,13,18-20,26H,5-6,8-10,12,14-15H2,1-4H3,(H,28,31)(H,29,30). The number of pyridine rings is 1. The number of ether oxygens (including phenoxy) is 3. The Labute approximate surface area is 201 Å². The van der Waals surface area contributed by atoms with E-state index in [1.807, 2.05) is 33.8 Å². The highest BCUT2D eigenvalue weighted by atomic mass is 16.6. The van der Waals surface area contributed by atoms with Crippen LogP contribution in [0.25, 0.3) is 5.57 Å². The number of piperidine rings is 1. The minimum absolute atomic E-state index is 0.0308. The fourth-order valence-electron chi connectivity index (χ4n) is 4.35. The summed E-state index contributed by atoms with van der Waals surface area (Å²) in [5.74, 6) is -0.674. The van der Waals surface area contributed by atoms with E-state index >= 15 is 0 Å². The van der Waals surface area contributed by atoms with Crippen molar-refractivity contribution in [3.63, 3.8) is 0 Å². The number of aryl methyl sites for hydroxylation is 1. The lowest BCUT2D eigenvalue weighted by Gasteiger charge is -2.35. The molecule has 3 N–H and O–H groups in total. The van der Waals surface area contributed by atoms with Crippen LogP contribution in [0.1, 0.15) is 64.0 Å². The summed E-state index contributed by atoms with van der Waals surface area (Å²) >= 11 is 0. The van der Waals surface area contributed by atoms with Gasteiger partial charge in [0.25, 0.3) is 0 Å². The van der Waals surface area contributed by atoms with Crippen molar-refractivity contribution >= 4 is 17.6 Å². The van der Waals surface area contributed by atoms with Gasteiger partial charge in [-0.2, -0.15) is 0 Å². The molecule has 1 aromatic heterocycles. The molecule has 2 heterocycles. The number of hydrogen-bond donors (Lipinski definition) is 3. The second-order valence-corrected chi connectivity index (χ2v) is 9.91. The molecular formula is C25H37N3O6. The number of hydrogen-bond acceptors (Lipinski definition) is 7. The second-order valence-electron chi connectivity index (χ2n) is 9.91. The average molecular weight is 476 g/mol. The van der Waals surface area contributed by atoms with E-state index in [9.17, 15) is 9.59 Å². The summed E-state index contributed by atoms with van der Waals surface area (Å²) in [4.78, 5) is 27.4. The van der Waals surface area contributed by atoms with Crippen molar-refractivity contribution in [3.8, 4) is 5.88 Å². The topological polar surface area (TPSA) is 119 Å². The van der Waals surface area contributed by atoms with Crippen LogP contribution in [0.15, 0.2) is 18.3 Å². The molecule has 9 nitrogen and oxygen atoms in total. The number of nitrogens with zero attached hydrogens (tertiary/aromatic N) is 1. The first-order valence-corrected chi connectivity index (χ1v) is 12.0. The minimum Gasteiger partial charge on any atom is -0.479 e. The summed E-state index contributed by atoms with van der Waals surface area (Å²) < 4.78 is 17.1. The lowest BCUT2D eigenvalue weighted by Crippen LogP contribution is -2.56. The van der Waals surface area contributed by atoms with E-state index in [-0.39, 0.29) is 18.2 Å². The number of carboxylic acid groups (broad SMARTS) is 1. The zero-order valence-electron chi connectivity index (χ0n) is 20.6. The molecule has 0 radical (unpaired) electrons. The first-order chi connectivity index (χ1) is 16.1. The first-order valence-electron chi connectivity index (χ1n) is 12.0. The lowest BCUT2D eigenvalue weighted by atomic mass is 9.90. The maximum absolute atomic E-state index is 12.2. The van der Waals surface area contributed by atoms with Gasteiger partial charge in [-0.1, -0.05) is 6.08 Å². The van der Waals surface area contributed by atoms with E-state index in [0.717, 1.165) is 55.3 Å². The van der Waals surface area contributed by atoms with Crippen LogP contribution in [0.3, 0.4) is 0 Å². The molecule has 1 saturated heterocycles. The number of carbonyl (C=O) groups excluding carboxylic acids is 1. The molecule has 2 aliphatic rings. The molecule has 3 atom stereocenters. The lowest BCUT2D eigenvalue weighted by molar-refractivity contribution is -0.139. The van der Waals surface area contributed by atoms with Gasteiger partial charge in [-0.25, -0.2) is 14.6 Å². The third kappa shape index (κ3) is 7.70. The van der Waals surface area contributed by atoms with Crippen molar-refractivity contribution in [2.24, 2.45) is 0 Å². The van der Waals surface area contributed by atoms with Crippen molar-refractivity contribution in [3.05, 3.63) is 29.5 Å². The summed E-state index contributed by atoms with van der Waals surface area (Å²) in [6.45, 7) is 8.51. The van der Waals surface area contributed by atoms with Crippen LogP contribution in [0.5, 0.6) is 5.88 Å². The molecule has 1 amide bonds. The third-order valence-corrected chi connectivity index (χ3v) is 5.94. The van der Waals surface area contributed by atoms with Crippen LogP contribution in [0.4, 0.5) is 4.79 Å². The summed E-state index contributed by atoms with van der Waals surface area (Å²) in [7, 11) is 0. The monoisotopic (exact) mass is 475 g/mol. The van der Waals surface area contributed by atoms with Crippen LogP contribution in [0.2, 0.25) is 0 Å². The Kier molecular flexibility index (Phi) is 8.90. The molecule has 1 aliphatic heterocycles. The number of aliphatic carboxylic acids is 1. The quantitative estimate of drug-likeness (QED) is 0.523. The number of alkyl carbamates (subject to hydrolysis) is 1. The Morgan fingerprint density at radius 3 is 2.76 bits per heavy atom. The Hall–Kier alpha value is -2.65. The molecule has 34 heavy (non-hydrogen) atoms. The molecule has 0 spiro atoms. The highest BCUT2D eigenvalue weighted by molar-refractivity contribution is 5.73. The summed E-state index contributed by atoms with van der Waals surface area (Å²) in [5.41, 5.74) is 2.45. The largest absolute Gasteiger partial charge is 0.479 e. The first kappa shape index (κ1) is 26.0. The van der Waals surface area contributed by atoms with Gasteiger partial charge in [0.1, 0.15) is 5.60 Å². The van der Waals surface area contributed by atoms with Crippen molar-refractivity contribution in [1.29, 1.82) is 0 Å². The van der Waals surface area contributed by atoms with Gasteiger partial charge in [-0.3, -0.25) is 0 Å². The van der Waals surface area contributed by atoms with Crippen LogP contribution < -0.4 is 15.4 Å². The van der Waals surface area contributed by atoms with Crippen molar-refractivity contribution in [2.75, 3.05) is 19.8 Å². The van der Waals surface area contributed by atoms with Crippen LogP contribution >= 0.6 is 0 Å². The van der Waals surface area contributed by atoms with Gasteiger partial charge in [-0.15, -0.1) is 0 Å². The molecule has 1 fully saturated rings. The molecule has 1 aliphatic carbocycles. The third-order valence-electron chi connectivity index (χ3n) is 5.94. The van der Waals surface area contributed by atoms with E-state index in [2.05, 4.69) is 21.7 Å². The summed E-state index contributed by atoms with van der Waals surface area (Å²) in [6.07, 6.45) is 7.70. The highest BCUT2D eigenvalue weighted by Gasteiger charge is 2.29. The fraction of sp³-hybridized carbons (Fsp3) is 0.640.